The van der Waals surface area contributed by atoms with Crippen molar-refractivity contribution >= 4 is 35.2 Å². The molecule has 0 rings (SSSR count). The Morgan fingerprint density at radius 3 is 2.00 bits per heavy atom. The molecule has 0 N–H and O–H groups in total. The van der Waals surface area contributed by atoms with Crippen LogP contribution < -0.4 is 0 Å². The third-order valence-corrected chi connectivity index (χ3v) is 1.59. The summed E-state index contributed by atoms with van der Waals surface area (Å²) < 4.78 is 0. The molecular formula is C6H9S2. The minimum absolute atomic E-state index is 0.317. The monoisotopic (exact) mass is 145 g/mol. The van der Waals surface area contributed by atoms with Gasteiger partial charge in [0.15, 0.2) is 0 Å². The minimum atomic E-state index is 0.317. The van der Waals surface area contributed by atoms with Crippen LogP contribution in [0.5, 0.6) is 0 Å². The van der Waals surface area contributed by atoms with Crippen LogP contribution in [0.15, 0.2) is 0 Å². The van der Waals surface area contributed by atoms with Crippen molar-refractivity contribution in [3.8, 4) is 0 Å². The van der Waals surface area contributed by atoms with E-state index in [2.05, 4.69) is 31.4 Å². The van der Waals surface area contributed by atoms with E-state index in [1.807, 2.05) is 0 Å². The molecule has 0 amide bonds. The molecular weight excluding hydrogens is 136 g/mol. The lowest BCUT2D eigenvalue weighted by Crippen LogP contribution is -1.98. The van der Waals surface area contributed by atoms with Crippen LogP contribution in [0.2, 0.25) is 0 Å². The van der Waals surface area contributed by atoms with Crippen LogP contribution in [0, 0.1) is 12.8 Å². The lowest BCUT2D eigenvalue weighted by atomic mass is 10.1. The zero-order chi connectivity index (χ0) is 6.41. The summed E-state index contributed by atoms with van der Waals surface area (Å²) in [6.45, 7) is 3.69. The van der Waals surface area contributed by atoms with Crippen molar-refractivity contribution in [2.24, 2.45) is 5.92 Å². The highest BCUT2D eigenvalue weighted by Gasteiger charge is 1.95. The first-order valence-corrected chi connectivity index (χ1v) is 3.49. The van der Waals surface area contributed by atoms with Gasteiger partial charge < -0.3 is 0 Å². The minimum Gasteiger partial charge on any atom is -0.0928 e. The summed E-state index contributed by atoms with van der Waals surface area (Å²) in [6.07, 6.45) is 1.90. The molecule has 0 bridgehead atoms. The number of hydrogen-bond donors (Lipinski definition) is 0. The molecule has 1 radical (unpaired) electrons. The first-order chi connectivity index (χ1) is 3.85. The van der Waals surface area contributed by atoms with E-state index in [1.54, 1.807) is 10.7 Å². The quantitative estimate of drug-likeness (QED) is 0.556. The molecule has 0 atom stereocenters. The van der Waals surface area contributed by atoms with Crippen LogP contribution in [0.1, 0.15) is 12.8 Å². The van der Waals surface area contributed by atoms with Gasteiger partial charge in [-0.15, -0.1) is 0 Å². The first-order valence-electron chi connectivity index (χ1n) is 2.55. The van der Waals surface area contributed by atoms with Crippen LogP contribution in [-0.4, -0.2) is 10.7 Å². The van der Waals surface area contributed by atoms with E-state index in [-0.39, 0.29) is 0 Å². The summed E-state index contributed by atoms with van der Waals surface area (Å²) in [5.41, 5.74) is 0. The van der Waals surface area contributed by atoms with Crippen molar-refractivity contribution in [1.29, 1.82) is 0 Å². The molecule has 0 aliphatic carbocycles. The van der Waals surface area contributed by atoms with Gasteiger partial charge in [-0.3, -0.25) is 0 Å². The van der Waals surface area contributed by atoms with E-state index < -0.39 is 0 Å². The predicted molar refractivity (Wildman–Crippen MR) is 45.4 cm³/mol. The zero-order valence-electron chi connectivity index (χ0n) is 4.67. The highest BCUT2D eigenvalue weighted by Crippen LogP contribution is 1.99. The zero-order valence-corrected chi connectivity index (χ0v) is 6.30. The summed E-state index contributed by atoms with van der Waals surface area (Å²) in [4.78, 5) is 0. The summed E-state index contributed by atoms with van der Waals surface area (Å²) in [6, 6.07) is 0. The molecule has 45 valence electrons. The molecule has 0 fully saturated rings. The van der Waals surface area contributed by atoms with E-state index in [0.717, 1.165) is 12.8 Å². The highest BCUT2D eigenvalue weighted by molar-refractivity contribution is 7.80. The Hall–Kier alpha value is 0.180. The molecule has 8 heavy (non-hydrogen) atoms. The Labute approximate surface area is 61.3 Å². The molecule has 0 aromatic heterocycles. The molecule has 0 heterocycles. The van der Waals surface area contributed by atoms with Gasteiger partial charge in [-0.05, 0) is 17.2 Å². The van der Waals surface area contributed by atoms with Crippen molar-refractivity contribution in [1.82, 2.24) is 0 Å². The van der Waals surface area contributed by atoms with Crippen molar-refractivity contribution in [2.75, 3.05) is 0 Å². The van der Waals surface area contributed by atoms with E-state index in [1.165, 1.54) is 0 Å². The highest BCUT2D eigenvalue weighted by atomic mass is 32.1. The fraction of sp³-hybridized carbons (Fsp3) is 0.500. The maximum absolute atomic E-state index is 4.69. The fourth-order valence-corrected chi connectivity index (χ4v) is 0.933. The van der Waals surface area contributed by atoms with Crippen LogP contribution >= 0.6 is 24.4 Å². The van der Waals surface area contributed by atoms with Gasteiger partial charge in [-0.25, -0.2) is 0 Å². The second-order valence-corrected chi connectivity index (χ2v) is 2.12. The molecule has 0 aromatic rings. The third kappa shape index (κ3) is 3.22. The molecule has 0 saturated heterocycles. The van der Waals surface area contributed by atoms with E-state index in [0.29, 0.717) is 5.92 Å². The van der Waals surface area contributed by atoms with Gasteiger partial charge in [-0.2, -0.15) is 0 Å². The van der Waals surface area contributed by atoms with Gasteiger partial charge in [0, 0.05) is 5.92 Å². The average Bonchev–Trinajstić information content (AvgIpc) is 1.83. The Bertz CT molecular complexity index is 70.6. The topological polar surface area (TPSA) is 0 Å². The first kappa shape index (κ1) is 8.18. The van der Waals surface area contributed by atoms with Gasteiger partial charge >= 0.3 is 0 Å². The van der Waals surface area contributed by atoms with Crippen LogP contribution in [0.3, 0.4) is 0 Å². The summed E-state index contributed by atoms with van der Waals surface area (Å²) in [7, 11) is 0. The molecule has 2 heteroatoms. The van der Waals surface area contributed by atoms with Crippen molar-refractivity contribution in [3.63, 3.8) is 0 Å². The lowest BCUT2D eigenvalue weighted by molar-refractivity contribution is 0.824. The molecule has 0 aliphatic rings. The third-order valence-electron chi connectivity index (χ3n) is 0.887. The van der Waals surface area contributed by atoms with Crippen LogP contribution in [0.25, 0.3) is 0 Å². The van der Waals surface area contributed by atoms with Gasteiger partial charge in [-0.1, -0.05) is 37.8 Å². The maximum Gasteiger partial charge on any atom is 0.0156 e. The summed E-state index contributed by atoms with van der Waals surface area (Å²) in [5.74, 6) is 0.317. The van der Waals surface area contributed by atoms with Gasteiger partial charge in [0.05, 0.1) is 0 Å². The van der Waals surface area contributed by atoms with E-state index >= 15 is 0 Å². The molecule has 0 spiro atoms. The Morgan fingerprint density at radius 1 is 1.38 bits per heavy atom. The van der Waals surface area contributed by atoms with Crippen molar-refractivity contribution < 1.29 is 0 Å². The smallest absolute Gasteiger partial charge is 0.0156 e. The normalized spacial score (nSPS) is 9.25. The van der Waals surface area contributed by atoms with Crippen molar-refractivity contribution in [2.45, 2.75) is 12.8 Å². The molecule has 0 nitrogen and oxygen atoms in total. The fourth-order valence-electron chi connectivity index (χ4n) is 0.404. The van der Waals surface area contributed by atoms with Crippen LogP contribution in [0.4, 0.5) is 0 Å². The number of hydrogen-bond acceptors (Lipinski definition) is 2. The van der Waals surface area contributed by atoms with Gasteiger partial charge in [0.1, 0.15) is 0 Å². The lowest BCUT2D eigenvalue weighted by Gasteiger charge is -1.98. The summed E-state index contributed by atoms with van der Waals surface area (Å²) in [5, 5.41) is 3.39. The standard InChI is InChI=1S/C6H9S2/c1-2-3-6(4-7)5-8/h4-6H,1-3H2. The molecule has 0 unspecified atom stereocenters. The second-order valence-electron chi connectivity index (χ2n) is 1.58. The van der Waals surface area contributed by atoms with Crippen molar-refractivity contribution in [3.05, 3.63) is 6.92 Å². The Balaban J connectivity index is 3.35. The largest absolute Gasteiger partial charge is 0.0928 e. The Kier molecular flexibility index (Phi) is 5.44. The Morgan fingerprint density at radius 2 is 1.88 bits per heavy atom. The average molecular weight is 145 g/mol. The summed E-state index contributed by atoms with van der Waals surface area (Å²) >= 11 is 9.37. The number of rotatable bonds is 4. The van der Waals surface area contributed by atoms with E-state index in [9.17, 15) is 0 Å². The number of thiocarbonyl (C=S) groups is 2. The van der Waals surface area contributed by atoms with Gasteiger partial charge in [0.2, 0.25) is 0 Å². The maximum atomic E-state index is 4.69. The van der Waals surface area contributed by atoms with Crippen LogP contribution in [-0.2, 0) is 0 Å². The molecule has 0 saturated carbocycles. The van der Waals surface area contributed by atoms with E-state index in [4.69, 9.17) is 0 Å². The predicted octanol–water partition coefficient (Wildman–Crippen LogP) is 2.22. The van der Waals surface area contributed by atoms with Gasteiger partial charge in [0.25, 0.3) is 0 Å². The molecule has 0 aromatic carbocycles. The molecule has 0 aliphatic heterocycles. The SMILES string of the molecule is [CH2]CCC(C=S)C=S. The second kappa shape index (κ2) is 5.32.